The van der Waals surface area contributed by atoms with Gasteiger partial charge in [0.2, 0.25) is 0 Å². The van der Waals surface area contributed by atoms with E-state index in [0.717, 1.165) is 6.54 Å². The number of halogens is 2. The molecule has 0 aliphatic carbocycles. The van der Waals surface area contributed by atoms with Crippen molar-refractivity contribution in [3.8, 4) is 0 Å². The van der Waals surface area contributed by atoms with Gasteiger partial charge in [-0.15, -0.1) is 12.4 Å². The van der Waals surface area contributed by atoms with Crippen molar-refractivity contribution in [2.45, 2.75) is 18.9 Å². The summed E-state index contributed by atoms with van der Waals surface area (Å²) < 4.78 is 19.1. The lowest BCUT2D eigenvalue weighted by molar-refractivity contribution is 0.0973. The van der Waals surface area contributed by atoms with Crippen LogP contribution in [0.15, 0.2) is 22.7 Å². The van der Waals surface area contributed by atoms with Crippen molar-refractivity contribution in [1.82, 2.24) is 10.1 Å². The lowest BCUT2D eigenvalue weighted by Crippen LogP contribution is -2.53. The second kappa shape index (κ2) is 5.22. The van der Waals surface area contributed by atoms with Crippen LogP contribution in [0.3, 0.4) is 0 Å². The molecule has 1 unspecified atom stereocenters. The third kappa shape index (κ3) is 2.15. The molecule has 0 spiro atoms. The molecule has 2 bridgehead atoms. The molecule has 3 aliphatic heterocycles. The molecule has 1 atom stereocenters. The molecule has 108 valence electrons. The maximum Gasteiger partial charge on any atom is 0.180 e. The van der Waals surface area contributed by atoms with E-state index in [4.69, 9.17) is 4.52 Å². The molecule has 1 N–H and O–H groups in total. The first kappa shape index (κ1) is 13.6. The molecule has 3 aliphatic rings. The lowest BCUT2D eigenvalue weighted by Gasteiger charge is -2.44. The van der Waals surface area contributed by atoms with Gasteiger partial charge >= 0.3 is 0 Å². The van der Waals surface area contributed by atoms with E-state index >= 15 is 0 Å². The van der Waals surface area contributed by atoms with Crippen LogP contribution in [0.25, 0.3) is 11.0 Å². The molecule has 0 saturated carbocycles. The van der Waals surface area contributed by atoms with Crippen molar-refractivity contribution in [2.75, 3.05) is 25.0 Å². The summed E-state index contributed by atoms with van der Waals surface area (Å²) in [4.78, 5) is 2.45. The third-order valence-electron chi connectivity index (χ3n) is 4.43. The van der Waals surface area contributed by atoms with Crippen LogP contribution in [0.5, 0.6) is 0 Å². The SMILES string of the molecule is Cl.Fc1cccc2onc(NC3CN4CCC3CC4)c12. The monoisotopic (exact) mass is 297 g/mol. The van der Waals surface area contributed by atoms with E-state index in [1.54, 1.807) is 12.1 Å². The second-order valence-corrected chi connectivity index (χ2v) is 5.53. The summed E-state index contributed by atoms with van der Waals surface area (Å²) in [5.41, 5.74) is 0.503. The highest BCUT2D eigenvalue weighted by molar-refractivity contribution is 5.88. The minimum atomic E-state index is -0.275. The first-order valence-corrected chi connectivity index (χ1v) is 6.84. The summed E-state index contributed by atoms with van der Waals surface area (Å²) in [6.07, 6.45) is 2.44. The van der Waals surface area contributed by atoms with E-state index in [1.165, 1.54) is 32.0 Å². The highest BCUT2D eigenvalue weighted by atomic mass is 35.5. The van der Waals surface area contributed by atoms with Crippen molar-refractivity contribution in [1.29, 1.82) is 0 Å². The Balaban J connectivity index is 0.00000121. The fourth-order valence-corrected chi connectivity index (χ4v) is 3.35. The predicted octanol–water partition coefficient (Wildman–Crippen LogP) is 2.89. The quantitative estimate of drug-likeness (QED) is 0.925. The lowest BCUT2D eigenvalue weighted by atomic mass is 9.84. The first-order valence-electron chi connectivity index (χ1n) is 6.84. The smallest absolute Gasteiger partial charge is 0.180 e. The van der Waals surface area contributed by atoms with Crippen molar-refractivity contribution in [2.24, 2.45) is 5.92 Å². The standard InChI is InChI=1S/C14H16FN3O.ClH/c15-10-2-1-3-12-13(10)14(17-19-12)16-11-8-18-6-4-9(11)5-7-18;/h1-3,9,11H,4-8H2,(H,16,17);1H. The van der Waals surface area contributed by atoms with Crippen LogP contribution >= 0.6 is 12.4 Å². The second-order valence-electron chi connectivity index (χ2n) is 5.53. The van der Waals surface area contributed by atoms with Gasteiger partial charge in [0, 0.05) is 12.6 Å². The predicted molar refractivity (Wildman–Crippen MR) is 77.8 cm³/mol. The number of anilines is 1. The number of hydrogen-bond donors (Lipinski definition) is 1. The molecule has 5 rings (SSSR count). The van der Waals surface area contributed by atoms with Gasteiger partial charge in [0.15, 0.2) is 11.4 Å². The average Bonchev–Trinajstić information content (AvgIpc) is 2.85. The van der Waals surface area contributed by atoms with Gasteiger partial charge in [0.1, 0.15) is 11.2 Å². The van der Waals surface area contributed by atoms with Gasteiger partial charge in [-0.25, -0.2) is 4.39 Å². The molecule has 3 fully saturated rings. The molecular formula is C14H17ClFN3O. The summed E-state index contributed by atoms with van der Waals surface area (Å²) in [5, 5.41) is 7.85. The largest absolute Gasteiger partial charge is 0.362 e. The first-order chi connectivity index (χ1) is 9.31. The molecule has 1 aromatic carbocycles. The molecule has 2 aromatic rings. The maximum atomic E-state index is 13.9. The number of hydrogen-bond acceptors (Lipinski definition) is 4. The Kier molecular flexibility index (Phi) is 3.56. The van der Waals surface area contributed by atoms with E-state index in [1.807, 2.05) is 0 Å². The number of benzene rings is 1. The topological polar surface area (TPSA) is 41.3 Å². The zero-order chi connectivity index (χ0) is 12.8. The normalized spacial score (nSPS) is 28.4. The summed E-state index contributed by atoms with van der Waals surface area (Å²) >= 11 is 0. The Morgan fingerprint density at radius 2 is 2.10 bits per heavy atom. The Hall–Kier alpha value is -1.33. The van der Waals surface area contributed by atoms with Crippen molar-refractivity contribution in [3.05, 3.63) is 24.0 Å². The third-order valence-corrected chi connectivity index (χ3v) is 4.43. The van der Waals surface area contributed by atoms with Gasteiger partial charge in [-0.2, -0.15) is 0 Å². The van der Waals surface area contributed by atoms with Crippen LogP contribution in [0.2, 0.25) is 0 Å². The van der Waals surface area contributed by atoms with Gasteiger partial charge in [0.25, 0.3) is 0 Å². The number of aromatic nitrogens is 1. The summed E-state index contributed by atoms with van der Waals surface area (Å²) in [6, 6.07) is 5.19. The number of nitrogens with one attached hydrogen (secondary N) is 1. The van der Waals surface area contributed by atoms with Crippen molar-refractivity contribution in [3.63, 3.8) is 0 Å². The summed E-state index contributed by atoms with van der Waals surface area (Å²) in [6.45, 7) is 3.40. The number of piperidine rings is 3. The van der Waals surface area contributed by atoms with Crippen LogP contribution in [0.1, 0.15) is 12.8 Å². The molecule has 4 heterocycles. The molecule has 0 amide bonds. The van der Waals surface area contributed by atoms with Gasteiger partial charge in [-0.05, 0) is 44.0 Å². The van der Waals surface area contributed by atoms with Gasteiger partial charge in [-0.3, -0.25) is 0 Å². The molecule has 6 heteroatoms. The average molecular weight is 298 g/mol. The summed E-state index contributed by atoms with van der Waals surface area (Å²) in [5.74, 6) is 0.942. The van der Waals surface area contributed by atoms with Crippen molar-refractivity contribution < 1.29 is 8.91 Å². The Bertz CT molecular complexity index is 609. The van der Waals surface area contributed by atoms with Crippen molar-refractivity contribution >= 4 is 29.2 Å². The Morgan fingerprint density at radius 3 is 2.80 bits per heavy atom. The number of rotatable bonds is 2. The fraction of sp³-hybridized carbons (Fsp3) is 0.500. The zero-order valence-electron chi connectivity index (χ0n) is 11.0. The molecular weight excluding hydrogens is 281 g/mol. The van der Waals surface area contributed by atoms with Crippen LogP contribution in [0, 0.1) is 11.7 Å². The molecule has 4 nitrogen and oxygen atoms in total. The fourth-order valence-electron chi connectivity index (χ4n) is 3.35. The minimum Gasteiger partial charge on any atom is -0.362 e. The van der Waals surface area contributed by atoms with Gasteiger partial charge in [0.05, 0.1) is 0 Å². The van der Waals surface area contributed by atoms with Gasteiger partial charge < -0.3 is 14.7 Å². The van der Waals surface area contributed by atoms with Crippen LogP contribution < -0.4 is 5.32 Å². The van der Waals surface area contributed by atoms with Crippen LogP contribution in [-0.4, -0.2) is 35.7 Å². The van der Waals surface area contributed by atoms with Gasteiger partial charge in [-0.1, -0.05) is 11.2 Å². The Morgan fingerprint density at radius 1 is 1.30 bits per heavy atom. The number of fused-ring (bicyclic) bond motifs is 4. The van der Waals surface area contributed by atoms with Crippen LogP contribution in [0.4, 0.5) is 10.2 Å². The van der Waals surface area contributed by atoms with E-state index in [9.17, 15) is 4.39 Å². The minimum absolute atomic E-state index is 0. The van der Waals surface area contributed by atoms with E-state index in [2.05, 4.69) is 15.4 Å². The highest BCUT2D eigenvalue weighted by Gasteiger charge is 2.34. The molecule has 1 aromatic heterocycles. The van der Waals surface area contributed by atoms with E-state index in [0.29, 0.717) is 28.7 Å². The zero-order valence-corrected chi connectivity index (χ0v) is 11.8. The number of nitrogens with zero attached hydrogens (tertiary/aromatic N) is 2. The molecule has 3 saturated heterocycles. The maximum absolute atomic E-state index is 13.9. The van der Waals surface area contributed by atoms with Crippen LogP contribution in [-0.2, 0) is 0 Å². The van der Waals surface area contributed by atoms with E-state index < -0.39 is 0 Å². The summed E-state index contributed by atoms with van der Waals surface area (Å²) in [7, 11) is 0. The highest BCUT2D eigenvalue weighted by Crippen LogP contribution is 2.32. The Labute approximate surface area is 122 Å². The molecule has 20 heavy (non-hydrogen) atoms. The molecule has 0 radical (unpaired) electrons. The van der Waals surface area contributed by atoms with E-state index in [-0.39, 0.29) is 18.2 Å².